The first-order valence-electron chi connectivity index (χ1n) is 25.0. The minimum Gasteiger partial charge on any atom is -0.388 e. The monoisotopic (exact) mass is 966 g/mol. The Morgan fingerprint density at radius 1 is 0.859 bits per heavy atom. The number of piperidine rings is 2. The predicted octanol–water partition coefficient (Wildman–Crippen LogP) is 5.67. The number of amides is 3. The van der Waals surface area contributed by atoms with E-state index in [2.05, 4.69) is 60.0 Å². The van der Waals surface area contributed by atoms with Gasteiger partial charge in [0.15, 0.2) is 0 Å². The summed E-state index contributed by atoms with van der Waals surface area (Å²) in [5, 5.41) is 6.30. The molecule has 2 N–H and O–H groups in total. The Bertz CT molecular complexity index is 3220. The highest BCUT2D eigenvalue weighted by Crippen LogP contribution is 2.35. The zero-order chi connectivity index (χ0) is 49.8. The van der Waals surface area contributed by atoms with Crippen LogP contribution in [0.25, 0.3) is 33.3 Å². The first kappa shape index (κ1) is 48.0. The van der Waals surface area contributed by atoms with Gasteiger partial charge in [0.25, 0.3) is 11.5 Å². The van der Waals surface area contributed by atoms with Crippen LogP contribution in [0.2, 0.25) is 0 Å². The van der Waals surface area contributed by atoms with Crippen molar-refractivity contribution < 1.29 is 18.8 Å². The SMILES string of the molecule is CNc1ccn(-c2ccnc3c2cc([C@H](C)N2CC=C(c4c(C)cc(C(=O)N5CCC(CN6CCN(Cc7cc8c(cc7C)n([C@H]7CCC(=O)NC7=O)c(=O)n8C)CC6)CC5)cc4F)CC2)n3C)c(=O)c1. The summed E-state index contributed by atoms with van der Waals surface area (Å²) in [5.41, 5.74) is 9.41. The van der Waals surface area contributed by atoms with E-state index in [4.69, 9.17) is 0 Å². The first-order chi connectivity index (χ1) is 34.2. The molecule has 2 atom stereocenters. The second-order valence-corrected chi connectivity index (χ2v) is 20.1. The Kier molecular flexibility index (Phi) is 13.2. The number of hydrogen-bond donors (Lipinski definition) is 2. The van der Waals surface area contributed by atoms with Crippen LogP contribution in [-0.4, -0.2) is 127 Å². The smallest absolute Gasteiger partial charge is 0.329 e. The number of benzene rings is 2. The molecule has 0 unspecified atom stereocenters. The van der Waals surface area contributed by atoms with E-state index in [1.54, 1.807) is 41.7 Å². The molecule has 6 aromatic rings. The van der Waals surface area contributed by atoms with Crippen LogP contribution in [-0.2, 0) is 30.2 Å². The Hall–Kier alpha value is -6.69. The largest absolute Gasteiger partial charge is 0.388 e. The van der Waals surface area contributed by atoms with Crippen molar-refractivity contribution in [1.82, 2.24) is 48.2 Å². The van der Waals surface area contributed by atoms with E-state index in [1.807, 2.05) is 50.1 Å². The Balaban J connectivity index is 0.715. The van der Waals surface area contributed by atoms with Crippen LogP contribution in [0.1, 0.15) is 89.4 Å². The molecule has 10 rings (SSSR count). The first-order valence-corrected chi connectivity index (χ1v) is 25.0. The van der Waals surface area contributed by atoms with Gasteiger partial charge in [-0.1, -0.05) is 6.08 Å². The second kappa shape index (κ2) is 19.5. The molecular formula is C54H64FN11O5. The summed E-state index contributed by atoms with van der Waals surface area (Å²) in [6, 6.07) is 14.1. The molecule has 3 amide bonds. The van der Waals surface area contributed by atoms with Crippen molar-refractivity contribution in [2.24, 2.45) is 20.0 Å². The van der Waals surface area contributed by atoms with E-state index in [0.29, 0.717) is 55.0 Å². The molecular weight excluding hydrogens is 902 g/mol. The summed E-state index contributed by atoms with van der Waals surface area (Å²) in [6.07, 6.45) is 8.63. The van der Waals surface area contributed by atoms with Gasteiger partial charge in [0.2, 0.25) is 11.8 Å². The lowest BCUT2D eigenvalue weighted by Gasteiger charge is -2.39. The molecule has 372 valence electrons. The number of halogens is 1. The molecule has 4 aliphatic heterocycles. The molecule has 16 nitrogen and oxygen atoms in total. The summed E-state index contributed by atoms with van der Waals surface area (Å²) >= 11 is 0. The molecule has 0 radical (unpaired) electrons. The lowest BCUT2D eigenvalue weighted by molar-refractivity contribution is -0.135. The fourth-order valence-electron chi connectivity index (χ4n) is 11.6. The molecule has 71 heavy (non-hydrogen) atoms. The highest BCUT2D eigenvalue weighted by molar-refractivity contribution is 6.00. The highest BCUT2D eigenvalue weighted by Gasteiger charge is 2.33. The standard InChI is InChI=1S/C54H64FN11O5/c1-33-26-47-46(60(6)54(71)66(47)44-7-8-48(67)58-52(44)69)28-39(33)32-62-23-21-61(22-24-62)31-36-10-16-64(17-11-36)53(70)38-25-34(2)50(42(55)27-38)37-12-18-63(19-13-37)35(3)45-30-41-43(9-15-57-51(41)59(45)5)65-20-14-40(56-4)29-49(65)68/h9,12,14-15,20,25-30,35-36,44,56H,7-8,10-11,13,16-19,21-24,31-32H2,1-6H3,(H,58,67,69)/t35-,44-/m0/s1. The van der Waals surface area contributed by atoms with Crippen molar-refractivity contribution in [3.05, 3.63) is 127 Å². The van der Waals surface area contributed by atoms with Crippen LogP contribution in [0.3, 0.4) is 0 Å². The van der Waals surface area contributed by atoms with E-state index in [9.17, 15) is 24.0 Å². The third-order valence-electron chi connectivity index (χ3n) is 15.8. The van der Waals surface area contributed by atoms with Gasteiger partial charge in [-0.05, 0) is 117 Å². The van der Waals surface area contributed by atoms with Gasteiger partial charge in [0.1, 0.15) is 17.5 Å². The average molecular weight is 966 g/mol. The fourth-order valence-corrected chi connectivity index (χ4v) is 11.6. The van der Waals surface area contributed by atoms with Gasteiger partial charge >= 0.3 is 5.69 Å². The zero-order valence-electron chi connectivity index (χ0n) is 41.6. The highest BCUT2D eigenvalue weighted by atomic mass is 19.1. The van der Waals surface area contributed by atoms with E-state index in [0.717, 1.165) is 115 Å². The number of imide groups is 1. The molecule has 2 aromatic carbocycles. The van der Waals surface area contributed by atoms with Crippen molar-refractivity contribution in [2.45, 2.75) is 71.5 Å². The molecule has 0 bridgehead atoms. The van der Waals surface area contributed by atoms with Gasteiger partial charge in [-0.15, -0.1) is 0 Å². The molecule has 4 aliphatic rings. The van der Waals surface area contributed by atoms with Crippen molar-refractivity contribution in [3.63, 3.8) is 0 Å². The lowest BCUT2D eigenvalue weighted by atomic mass is 9.92. The molecule has 8 heterocycles. The number of nitrogens with zero attached hydrogens (tertiary/aromatic N) is 9. The van der Waals surface area contributed by atoms with Gasteiger partial charge in [0, 0.05) is 145 Å². The molecule has 17 heteroatoms. The number of anilines is 1. The molecule has 0 spiro atoms. The van der Waals surface area contributed by atoms with Crippen LogP contribution in [0.15, 0.2) is 76.6 Å². The second-order valence-electron chi connectivity index (χ2n) is 20.1. The van der Waals surface area contributed by atoms with Crippen molar-refractivity contribution in [3.8, 4) is 5.69 Å². The Labute approximate surface area is 412 Å². The summed E-state index contributed by atoms with van der Waals surface area (Å²) in [4.78, 5) is 78.6. The van der Waals surface area contributed by atoms with Gasteiger partial charge in [-0.25, -0.2) is 14.2 Å². The summed E-state index contributed by atoms with van der Waals surface area (Å²) in [6.45, 7) is 14.3. The lowest BCUT2D eigenvalue weighted by Crippen LogP contribution is -2.48. The minimum atomic E-state index is -0.709. The van der Waals surface area contributed by atoms with Gasteiger partial charge in [-0.3, -0.25) is 48.0 Å². The number of pyridine rings is 2. The predicted molar refractivity (Wildman–Crippen MR) is 273 cm³/mol. The number of carbonyl (C=O) groups is 3. The number of rotatable bonds is 11. The number of aromatic nitrogens is 5. The molecule has 3 fully saturated rings. The maximum atomic E-state index is 16.1. The molecule has 0 saturated carbocycles. The van der Waals surface area contributed by atoms with Crippen molar-refractivity contribution >= 4 is 51.0 Å². The number of nitrogens with one attached hydrogen (secondary N) is 2. The summed E-state index contributed by atoms with van der Waals surface area (Å²) in [7, 11) is 5.52. The maximum absolute atomic E-state index is 16.1. The fraction of sp³-hybridized carbons (Fsp3) is 0.444. The molecule has 0 aliphatic carbocycles. The molecule has 4 aromatic heterocycles. The number of imidazole rings is 1. The minimum absolute atomic E-state index is 0.0309. The number of carbonyl (C=O) groups excluding carboxylic acids is 3. The number of likely N-dealkylation sites (tertiary alicyclic amines) is 1. The van der Waals surface area contributed by atoms with Gasteiger partial charge in [-0.2, -0.15) is 0 Å². The van der Waals surface area contributed by atoms with Crippen LogP contribution < -0.4 is 21.9 Å². The summed E-state index contributed by atoms with van der Waals surface area (Å²) in [5.74, 6) is -0.729. The quantitative estimate of drug-likeness (QED) is 0.155. The van der Waals surface area contributed by atoms with E-state index >= 15 is 4.39 Å². The Morgan fingerprint density at radius 3 is 2.31 bits per heavy atom. The van der Waals surface area contributed by atoms with Gasteiger partial charge in [0.05, 0.1) is 16.7 Å². The maximum Gasteiger partial charge on any atom is 0.329 e. The molecule has 3 saturated heterocycles. The number of aryl methyl sites for hydroxylation is 4. The number of piperazine rings is 1. The topological polar surface area (TPSA) is 155 Å². The van der Waals surface area contributed by atoms with Crippen molar-refractivity contribution in [1.29, 1.82) is 0 Å². The van der Waals surface area contributed by atoms with Crippen LogP contribution >= 0.6 is 0 Å². The number of fused-ring (bicyclic) bond motifs is 2. The van der Waals surface area contributed by atoms with Crippen molar-refractivity contribution in [2.75, 3.05) is 71.3 Å². The third-order valence-corrected chi connectivity index (χ3v) is 15.8. The van der Waals surface area contributed by atoms with Crippen LogP contribution in [0.5, 0.6) is 0 Å². The zero-order valence-corrected chi connectivity index (χ0v) is 41.6. The number of hydrogen-bond acceptors (Lipinski definition) is 10. The Morgan fingerprint density at radius 2 is 1.62 bits per heavy atom. The third kappa shape index (κ3) is 9.15. The summed E-state index contributed by atoms with van der Waals surface area (Å²) < 4.78 is 23.0. The van der Waals surface area contributed by atoms with Crippen LogP contribution in [0, 0.1) is 25.6 Å². The van der Waals surface area contributed by atoms with E-state index < -0.39 is 11.9 Å². The van der Waals surface area contributed by atoms with E-state index in [-0.39, 0.29) is 41.3 Å². The van der Waals surface area contributed by atoms with E-state index in [1.165, 1.54) is 10.6 Å². The van der Waals surface area contributed by atoms with Crippen LogP contribution in [0.4, 0.5) is 10.1 Å². The normalized spacial score (nSPS) is 19.4. The average Bonchev–Trinajstić information content (AvgIpc) is 3.82. The van der Waals surface area contributed by atoms with Gasteiger partial charge < -0.3 is 19.7 Å².